The quantitative estimate of drug-likeness (QED) is 0.564. The Morgan fingerprint density at radius 3 is 2.58 bits per heavy atom. The van der Waals surface area contributed by atoms with E-state index in [1.807, 2.05) is 37.3 Å². The van der Waals surface area contributed by atoms with Crippen LogP contribution in [0.3, 0.4) is 0 Å². The van der Waals surface area contributed by atoms with Crippen molar-refractivity contribution in [3.63, 3.8) is 0 Å². The van der Waals surface area contributed by atoms with Crippen LogP contribution in [0.2, 0.25) is 0 Å². The van der Waals surface area contributed by atoms with Gasteiger partial charge in [-0.1, -0.05) is 30.3 Å². The Morgan fingerprint density at radius 1 is 1.21 bits per heavy atom. The van der Waals surface area contributed by atoms with E-state index in [4.69, 9.17) is 5.26 Å². The fraction of sp³-hybridized carbons (Fsp3) is 0.158. The van der Waals surface area contributed by atoms with Crippen molar-refractivity contribution in [2.75, 3.05) is 11.9 Å². The fourth-order valence-electron chi connectivity index (χ4n) is 2.11. The molecule has 24 heavy (non-hydrogen) atoms. The van der Waals surface area contributed by atoms with Crippen LogP contribution in [0.4, 0.5) is 5.69 Å². The molecule has 0 radical (unpaired) electrons. The number of para-hydroxylation sites is 1. The van der Waals surface area contributed by atoms with E-state index in [2.05, 4.69) is 10.6 Å². The minimum atomic E-state index is -0.419. The van der Waals surface area contributed by atoms with Gasteiger partial charge in [0, 0.05) is 18.4 Å². The summed E-state index contributed by atoms with van der Waals surface area (Å²) in [7, 11) is 0. The average Bonchev–Trinajstić information content (AvgIpc) is 2.59. The second-order valence-corrected chi connectivity index (χ2v) is 5.30. The Morgan fingerprint density at radius 2 is 1.92 bits per heavy atom. The molecule has 3 N–H and O–H groups in total. The Labute approximate surface area is 141 Å². The van der Waals surface area contributed by atoms with Crippen LogP contribution in [0, 0.1) is 18.3 Å². The highest BCUT2D eigenvalue weighted by Gasteiger charge is 2.08. The molecule has 2 aromatic carbocycles. The van der Waals surface area contributed by atoms with Crippen LogP contribution < -0.4 is 10.6 Å². The van der Waals surface area contributed by atoms with Crippen molar-refractivity contribution in [1.82, 2.24) is 5.32 Å². The Balaban J connectivity index is 1.89. The third-order valence-electron chi connectivity index (χ3n) is 3.52. The van der Waals surface area contributed by atoms with Crippen LogP contribution >= 0.6 is 0 Å². The number of benzene rings is 2. The smallest absolute Gasteiger partial charge is 0.263 e. The maximum absolute atomic E-state index is 12.0. The van der Waals surface area contributed by atoms with E-state index in [-0.39, 0.29) is 11.3 Å². The number of nitriles is 1. The summed E-state index contributed by atoms with van der Waals surface area (Å²) in [5.41, 5.74) is 2.89. The Bertz CT molecular complexity index is 774. The number of carbonyl (C=O) groups excluding carboxylic acids is 1. The monoisotopic (exact) mass is 321 g/mol. The van der Waals surface area contributed by atoms with Gasteiger partial charge in [0.25, 0.3) is 5.91 Å². The summed E-state index contributed by atoms with van der Waals surface area (Å²) in [5, 5.41) is 24.1. The van der Waals surface area contributed by atoms with Crippen molar-refractivity contribution in [3.8, 4) is 11.8 Å². The molecule has 0 aliphatic rings. The van der Waals surface area contributed by atoms with Crippen molar-refractivity contribution in [1.29, 1.82) is 5.26 Å². The molecular weight excluding hydrogens is 302 g/mol. The zero-order valence-corrected chi connectivity index (χ0v) is 13.4. The van der Waals surface area contributed by atoms with Crippen LogP contribution in [0.1, 0.15) is 11.1 Å². The predicted molar refractivity (Wildman–Crippen MR) is 93.3 cm³/mol. The van der Waals surface area contributed by atoms with Gasteiger partial charge in [-0.3, -0.25) is 4.79 Å². The molecule has 0 spiro atoms. The highest BCUT2D eigenvalue weighted by molar-refractivity contribution is 5.97. The van der Waals surface area contributed by atoms with Crippen molar-refractivity contribution < 1.29 is 9.90 Å². The third kappa shape index (κ3) is 4.89. The van der Waals surface area contributed by atoms with E-state index >= 15 is 0 Å². The zero-order valence-electron chi connectivity index (χ0n) is 13.4. The van der Waals surface area contributed by atoms with Gasteiger partial charge in [-0.2, -0.15) is 5.26 Å². The molecule has 0 saturated heterocycles. The van der Waals surface area contributed by atoms with E-state index in [9.17, 15) is 9.90 Å². The minimum Gasteiger partial charge on any atom is -0.508 e. The maximum Gasteiger partial charge on any atom is 0.263 e. The van der Waals surface area contributed by atoms with Gasteiger partial charge in [0.1, 0.15) is 17.4 Å². The first kappa shape index (κ1) is 17.1. The van der Waals surface area contributed by atoms with E-state index in [1.54, 1.807) is 24.3 Å². The van der Waals surface area contributed by atoms with Crippen LogP contribution in [-0.4, -0.2) is 17.6 Å². The average molecular weight is 321 g/mol. The number of hydrogen-bond acceptors (Lipinski definition) is 4. The molecule has 5 nitrogen and oxygen atoms in total. The molecule has 0 fully saturated rings. The summed E-state index contributed by atoms with van der Waals surface area (Å²) in [6.45, 7) is 2.35. The number of nitrogens with zero attached hydrogens (tertiary/aromatic N) is 1. The van der Waals surface area contributed by atoms with Gasteiger partial charge in [0.15, 0.2) is 0 Å². The zero-order chi connectivity index (χ0) is 17.4. The van der Waals surface area contributed by atoms with Gasteiger partial charge >= 0.3 is 0 Å². The number of phenols is 1. The molecule has 0 unspecified atom stereocenters. The van der Waals surface area contributed by atoms with Crippen LogP contribution in [-0.2, 0) is 11.2 Å². The number of hydrogen-bond donors (Lipinski definition) is 3. The van der Waals surface area contributed by atoms with Gasteiger partial charge in [-0.05, 0) is 42.7 Å². The van der Waals surface area contributed by atoms with Crippen LogP contribution in [0.25, 0.3) is 0 Å². The highest BCUT2D eigenvalue weighted by Crippen LogP contribution is 2.13. The van der Waals surface area contributed by atoms with E-state index in [0.29, 0.717) is 13.0 Å². The third-order valence-corrected chi connectivity index (χ3v) is 3.52. The largest absolute Gasteiger partial charge is 0.508 e. The fourth-order valence-corrected chi connectivity index (χ4v) is 2.11. The number of amides is 1. The summed E-state index contributed by atoms with van der Waals surface area (Å²) in [5.74, 6) is -0.211. The van der Waals surface area contributed by atoms with Gasteiger partial charge in [-0.25, -0.2) is 0 Å². The highest BCUT2D eigenvalue weighted by atomic mass is 16.3. The topological polar surface area (TPSA) is 85.2 Å². The molecule has 0 saturated carbocycles. The summed E-state index contributed by atoms with van der Waals surface area (Å²) < 4.78 is 0. The molecule has 0 aliphatic heterocycles. The number of rotatable bonds is 6. The Kier molecular flexibility index (Phi) is 5.98. The summed E-state index contributed by atoms with van der Waals surface area (Å²) >= 11 is 0. The summed E-state index contributed by atoms with van der Waals surface area (Å²) in [6, 6.07) is 16.3. The second kappa shape index (κ2) is 8.39. The summed E-state index contributed by atoms with van der Waals surface area (Å²) in [6.07, 6.45) is 2.04. The molecule has 5 heteroatoms. The molecule has 2 aromatic rings. The lowest BCUT2D eigenvalue weighted by Crippen LogP contribution is -2.27. The standard InChI is InChI=1S/C19H19N3O2/c1-14-4-2-3-5-18(14)22-13-16(12-20)19(24)21-11-10-15-6-8-17(23)9-7-15/h2-9,13,22-23H,10-11H2,1H3,(H,21,24)/b16-13-. The number of anilines is 1. The number of aromatic hydroxyl groups is 1. The summed E-state index contributed by atoms with van der Waals surface area (Å²) in [4.78, 5) is 12.0. The number of carbonyl (C=O) groups is 1. The van der Waals surface area contributed by atoms with Crippen LogP contribution in [0.5, 0.6) is 5.75 Å². The van der Waals surface area contributed by atoms with Gasteiger partial charge < -0.3 is 15.7 Å². The van der Waals surface area contributed by atoms with E-state index < -0.39 is 5.91 Å². The minimum absolute atomic E-state index is 0.0176. The van der Waals surface area contributed by atoms with Crippen LogP contribution in [0.15, 0.2) is 60.3 Å². The molecule has 0 aromatic heterocycles. The maximum atomic E-state index is 12.0. The van der Waals surface area contributed by atoms with E-state index in [1.165, 1.54) is 6.20 Å². The van der Waals surface area contributed by atoms with Crippen molar-refractivity contribution in [3.05, 3.63) is 71.4 Å². The van der Waals surface area contributed by atoms with Gasteiger partial charge in [-0.15, -0.1) is 0 Å². The van der Waals surface area contributed by atoms with Gasteiger partial charge in [0.05, 0.1) is 0 Å². The lowest BCUT2D eigenvalue weighted by atomic mass is 10.1. The molecular formula is C19H19N3O2. The lowest BCUT2D eigenvalue weighted by Gasteiger charge is -2.07. The molecule has 0 atom stereocenters. The van der Waals surface area contributed by atoms with Crippen molar-refractivity contribution in [2.45, 2.75) is 13.3 Å². The Hall–Kier alpha value is -3.26. The van der Waals surface area contributed by atoms with Crippen molar-refractivity contribution >= 4 is 11.6 Å². The molecule has 0 bridgehead atoms. The normalized spacial score (nSPS) is 10.8. The lowest BCUT2D eigenvalue weighted by molar-refractivity contribution is -0.117. The SMILES string of the molecule is Cc1ccccc1N/C=C(/C#N)C(=O)NCCc1ccc(O)cc1. The predicted octanol–water partition coefficient (Wildman–Crippen LogP) is 2.88. The molecule has 0 heterocycles. The van der Waals surface area contributed by atoms with Gasteiger partial charge in [0.2, 0.25) is 0 Å². The van der Waals surface area contributed by atoms with Crippen molar-refractivity contribution in [2.24, 2.45) is 0 Å². The molecule has 0 aliphatic carbocycles. The molecule has 1 amide bonds. The number of phenolic OH excluding ortho intramolecular Hbond substituents is 1. The molecule has 2 rings (SSSR count). The first-order valence-corrected chi connectivity index (χ1v) is 7.58. The first-order valence-electron chi connectivity index (χ1n) is 7.58. The first-order chi connectivity index (χ1) is 11.6. The molecule has 122 valence electrons. The second-order valence-electron chi connectivity index (χ2n) is 5.30. The number of nitrogens with one attached hydrogen (secondary N) is 2. The number of aryl methyl sites for hydroxylation is 1. The van der Waals surface area contributed by atoms with E-state index in [0.717, 1.165) is 16.8 Å².